The van der Waals surface area contributed by atoms with Crippen LogP contribution < -0.4 is 55.7 Å². The van der Waals surface area contributed by atoms with Crippen LogP contribution in [0.3, 0.4) is 0 Å². The van der Waals surface area contributed by atoms with Gasteiger partial charge in [-0.2, -0.15) is 0 Å². The molecular formula is C84H169N11O10. The Morgan fingerprint density at radius 3 is 0.771 bits per heavy atom. The van der Waals surface area contributed by atoms with Crippen molar-refractivity contribution in [3.63, 3.8) is 0 Å². The van der Waals surface area contributed by atoms with E-state index in [0.717, 1.165) is 109 Å². The minimum absolute atomic E-state index is 0.0619. The van der Waals surface area contributed by atoms with E-state index in [1.165, 1.54) is 32.1 Å². The molecule has 0 aliphatic rings. The van der Waals surface area contributed by atoms with E-state index in [1.807, 2.05) is 152 Å². The summed E-state index contributed by atoms with van der Waals surface area (Å²) >= 11 is 0. The van der Waals surface area contributed by atoms with Crippen LogP contribution in [0, 0.1) is 59.2 Å². The number of Topliss-reactive ketones (excluding diaryl/α,β-unsaturated/α-hetero) is 10. The topological polar surface area (TPSA) is 387 Å². The van der Waals surface area contributed by atoms with Crippen molar-refractivity contribution in [1.29, 1.82) is 0 Å². The lowest BCUT2D eigenvalue weighted by Crippen LogP contribution is -2.28. The molecule has 0 saturated heterocycles. The van der Waals surface area contributed by atoms with Crippen molar-refractivity contribution in [1.82, 2.24) is 21.3 Å². The van der Waals surface area contributed by atoms with Gasteiger partial charge in [-0.15, -0.1) is 0 Å². The number of carbonyl (C=O) groups is 10. The molecule has 0 atom stereocenters. The minimum atomic E-state index is 0.0619. The molecule has 0 heterocycles. The second-order valence-corrected chi connectivity index (χ2v) is 29.3. The van der Waals surface area contributed by atoms with Crippen LogP contribution >= 0.6 is 0 Å². The highest BCUT2D eigenvalue weighted by molar-refractivity contribution is 5.84. The van der Waals surface area contributed by atoms with Crippen molar-refractivity contribution >= 4 is 63.8 Å². The van der Waals surface area contributed by atoms with E-state index in [-0.39, 0.29) is 83.2 Å². The minimum Gasteiger partial charge on any atom is -0.386 e. The zero-order valence-corrected chi connectivity index (χ0v) is 72.3. The van der Waals surface area contributed by atoms with Crippen LogP contribution in [-0.2, 0) is 47.9 Å². The van der Waals surface area contributed by atoms with Gasteiger partial charge in [-0.3, -0.25) is 52.9 Å². The van der Waals surface area contributed by atoms with E-state index in [0.29, 0.717) is 115 Å². The van der Waals surface area contributed by atoms with Gasteiger partial charge in [-0.1, -0.05) is 244 Å². The summed E-state index contributed by atoms with van der Waals surface area (Å²) in [4.78, 5) is 114. The monoisotopic (exact) mass is 1490 g/mol. The maximum Gasteiger partial charge on any atom is 0.185 e. The zero-order chi connectivity index (χ0) is 84.2. The standard InChI is InChI=1S/C11H22N2O.C10H20O.C9H19N3O.C9H18N2O.C9H18O.C8H16N2O.C8H16O.C7H14N2O.C7H14O.C6H12O/c1-9(2)11(14)7-5-4-6-8-13-10(3)12;1-4-5-6-7-8-10(11)9(2)3;1-7(2)8(13)5-3-4-6-12-9(10)11;1-7(2)9(12)5-4-6-11-8(3)10;1-4-5-6-7-9(10)8(2)3;1-6(2)8(11)4-5-10-7(3)9;1-4-5-6-8(9)7(2)3;1-5(2)7(10)4-9-6(3)8;1-4-5-7(8)6(2)3;1-4-6(7)5(2)3/h9,13H,3-8,12H2,1-2H3;9H,4-8H2,1-3H3;7H,3-6H2,1-2H3,(H4,10,11,12);7,11H,3-6,10H2,1-2H3;8H,4-7H2,1-3H3;6,10H,3-5,9H2,1-2H3;7H,4-6H2,1-3H3;5,9H,3-4,8H2,1-2H3;6H,4-5H2,1-3H3;5H,4H2,1-3H3. The second kappa shape index (κ2) is 84.6. The molecule has 0 aromatic carbocycles. The molecule has 0 aromatic heterocycles. The van der Waals surface area contributed by atoms with Crippen LogP contribution in [0.25, 0.3) is 0 Å². The number of hydrogen-bond acceptors (Lipinski definition) is 19. The molecular weight excluding hydrogens is 1320 g/mol. The summed E-state index contributed by atoms with van der Waals surface area (Å²) in [5.41, 5.74) is 31.3. The molecule has 0 aliphatic carbocycles. The lowest BCUT2D eigenvalue weighted by Gasteiger charge is -2.05. The first-order valence-electron chi connectivity index (χ1n) is 39.6. The van der Waals surface area contributed by atoms with E-state index in [9.17, 15) is 47.9 Å². The summed E-state index contributed by atoms with van der Waals surface area (Å²) in [7, 11) is 0. The van der Waals surface area contributed by atoms with Crippen molar-refractivity contribution in [2.24, 2.45) is 98.6 Å². The van der Waals surface area contributed by atoms with E-state index in [4.69, 9.17) is 34.4 Å². The van der Waals surface area contributed by atoms with Crippen LogP contribution in [0.4, 0.5) is 0 Å². The predicted molar refractivity (Wildman–Crippen MR) is 448 cm³/mol. The SMILES string of the molecule is C=C(N)NCC(=O)C(C)C.C=C(N)NCCC(=O)C(C)C.C=C(N)NCCCC(=O)C(C)C.C=C(N)NCCCCCC(=O)C(C)C.CC(C)C(=O)CCCCN=C(N)N.CCC(=O)C(C)C.CCCC(=O)C(C)C.CCCCC(=O)C(C)C.CCCCCC(=O)C(C)C.CCCCCCC(=O)C(C)C. The summed E-state index contributed by atoms with van der Waals surface area (Å²) < 4.78 is 0. The lowest BCUT2D eigenvalue weighted by atomic mass is 10.0. The van der Waals surface area contributed by atoms with E-state index in [2.05, 4.69) is 73.3 Å². The van der Waals surface area contributed by atoms with Crippen LogP contribution in [0.5, 0.6) is 0 Å². The summed E-state index contributed by atoms with van der Waals surface area (Å²) in [6.07, 6.45) is 23.4. The first-order chi connectivity index (χ1) is 48.6. The van der Waals surface area contributed by atoms with Gasteiger partial charge in [0.05, 0.1) is 29.8 Å². The van der Waals surface area contributed by atoms with E-state index in [1.54, 1.807) is 0 Å². The zero-order valence-electron chi connectivity index (χ0n) is 72.3. The highest BCUT2D eigenvalue weighted by atomic mass is 16.2. The van der Waals surface area contributed by atoms with Crippen molar-refractivity contribution in [3.8, 4) is 0 Å². The fourth-order valence-electron chi connectivity index (χ4n) is 7.32. The number of ketones is 10. The molecule has 0 unspecified atom stereocenters. The Morgan fingerprint density at radius 2 is 0.505 bits per heavy atom. The van der Waals surface area contributed by atoms with Gasteiger partial charge in [-0.25, -0.2) is 0 Å². The Bertz CT molecular complexity index is 2280. The molecule has 0 spiro atoms. The molecule has 620 valence electrons. The second-order valence-electron chi connectivity index (χ2n) is 29.3. The van der Waals surface area contributed by atoms with Crippen molar-refractivity contribution in [2.45, 2.75) is 334 Å². The molecule has 21 heteroatoms. The molecule has 0 aromatic rings. The quantitative estimate of drug-likeness (QED) is 0.0154. The van der Waals surface area contributed by atoms with Crippen molar-refractivity contribution in [3.05, 3.63) is 49.6 Å². The molecule has 0 fully saturated rings. The number of nitrogens with two attached hydrogens (primary N) is 6. The van der Waals surface area contributed by atoms with Gasteiger partial charge in [0.1, 0.15) is 52.0 Å². The molecule has 0 aliphatic heterocycles. The van der Waals surface area contributed by atoms with Gasteiger partial charge in [0, 0.05) is 143 Å². The Kier molecular flexibility index (Phi) is 96.2. The maximum atomic E-state index is 11.2. The highest BCUT2D eigenvalue weighted by Gasteiger charge is 2.11. The molecule has 0 saturated carbocycles. The number of nitrogens with zero attached hydrogens (tertiary/aromatic N) is 1. The average molecular weight is 1490 g/mol. The molecule has 0 rings (SSSR count). The first-order valence-corrected chi connectivity index (χ1v) is 39.6. The van der Waals surface area contributed by atoms with E-state index < -0.39 is 0 Å². The third kappa shape index (κ3) is 113. The summed E-state index contributed by atoms with van der Waals surface area (Å²) in [6, 6.07) is 0. The number of carbonyl (C=O) groups excluding carboxylic acids is 10. The average Bonchev–Trinajstić information content (AvgIpc) is 2.22. The maximum absolute atomic E-state index is 11.2. The first kappa shape index (κ1) is 119. The summed E-state index contributed by atoms with van der Waals surface area (Å²) in [5, 5.41) is 11.3. The molecule has 0 radical (unpaired) electrons. The largest absolute Gasteiger partial charge is 0.386 e. The fraction of sp³-hybridized carbons (Fsp3) is 0.774. The van der Waals surface area contributed by atoms with Gasteiger partial charge in [0.2, 0.25) is 0 Å². The molecule has 21 nitrogen and oxygen atoms in total. The van der Waals surface area contributed by atoms with Gasteiger partial charge in [0.15, 0.2) is 11.7 Å². The number of unbranched alkanes of at least 4 members (excludes halogenated alkanes) is 9. The molecule has 16 N–H and O–H groups in total. The highest BCUT2D eigenvalue weighted by Crippen LogP contribution is 2.10. The van der Waals surface area contributed by atoms with E-state index >= 15 is 0 Å². The third-order valence-electron chi connectivity index (χ3n) is 15.1. The number of hydrogen-bond donors (Lipinski definition) is 10. The Hall–Kier alpha value is -6.67. The van der Waals surface area contributed by atoms with Gasteiger partial charge in [-0.05, 0) is 57.8 Å². The van der Waals surface area contributed by atoms with Crippen molar-refractivity contribution < 1.29 is 47.9 Å². The third-order valence-corrected chi connectivity index (χ3v) is 15.1. The van der Waals surface area contributed by atoms with Crippen LogP contribution in [0.2, 0.25) is 0 Å². The molecule has 105 heavy (non-hydrogen) atoms. The van der Waals surface area contributed by atoms with Crippen LogP contribution in [0.1, 0.15) is 334 Å². The Morgan fingerprint density at radius 1 is 0.257 bits per heavy atom. The normalized spacial score (nSPS) is 10.0. The summed E-state index contributed by atoms with van der Waals surface area (Å²) in [6.45, 7) is 65.9. The number of guanidine groups is 1. The predicted octanol–water partition coefficient (Wildman–Crippen LogP) is 16.3. The van der Waals surface area contributed by atoms with Crippen LogP contribution in [-0.4, -0.2) is 96.5 Å². The Labute approximate surface area is 644 Å². The molecule has 0 bridgehead atoms. The van der Waals surface area contributed by atoms with Gasteiger partial charge >= 0.3 is 0 Å². The van der Waals surface area contributed by atoms with Gasteiger partial charge in [0.25, 0.3) is 0 Å². The Balaban J connectivity index is -0.000000120. The summed E-state index contributed by atoms with van der Waals surface area (Å²) in [5.74, 6) is 6.99. The molecule has 0 amide bonds. The van der Waals surface area contributed by atoms with Crippen LogP contribution in [0.15, 0.2) is 54.6 Å². The lowest BCUT2D eigenvalue weighted by molar-refractivity contribution is -0.122. The number of aliphatic imine (C=N–C) groups is 1. The fourth-order valence-corrected chi connectivity index (χ4v) is 7.32. The smallest absolute Gasteiger partial charge is 0.185 e. The van der Waals surface area contributed by atoms with Crippen molar-refractivity contribution in [2.75, 3.05) is 32.7 Å². The van der Waals surface area contributed by atoms with Gasteiger partial charge < -0.3 is 55.7 Å². The number of nitrogens with one attached hydrogen (secondary N) is 4. The number of rotatable bonds is 49.